The highest BCUT2D eigenvalue weighted by atomic mass is 32.2. The molecular weight excluding hydrogens is 268 g/mol. The summed E-state index contributed by atoms with van der Waals surface area (Å²) in [7, 11) is 0. The van der Waals surface area contributed by atoms with E-state index in [0.29, 0.717) is 0 Å². The summed E-state index contributed by atoms with van der Waals surface area (Å²) in [5.74, 6) is 0.801. The summed E-state index contributed by atoms with van der Waals surface area (Å²) in [6, 6.07) is 5.83. The van der Waals surface area contributed by atoms with Crippen LogP contribution < -0.4 is 10.5 Å². The molecule has 0 fully saturated rings. The Hall–Kier alpha value is -1.16. The molecule has 0 saturated carbocycles. The van der Waals surface area contributed by atoms with Crippen molar-refractivity contribution >= 4 is 17.6 Å². The summed E-state index contributed by atoms with van der Waals surface area (Å²) in [5.41, 5.74) is 6.42. The largest absolute Gasteiger partial charge is 0.490 e. The van der Waals surface area contributed by atoms with Crippen LogP contribution in [0.3, 0.4) is 0 Å². The van der Waals surface area contributed by atoms with Crippen LogP contribution in [0.1, 0.15) is 51.5 Å². The SMILES string of the molecule is CCCCCCC(C)Oc1cccc(SC)c1C(=N)N. The van der Waals surface area contributed by atoms with Gasteiger partial charge in [-0.05, 0) is 38.2 Å². The molecule has 0 aliphatic carbocycles. The highest BCUT2D eigenvalue weighted by molar-refractivity contribution is 7.98. The van der Waals surface area contributed by atoms with Crippen molar-refractivity contribution in [3.8, 4) is 5.75 Å². The number of thioether (sulfide) groups is 1. The van der Waals surface area contributed by atoms with Gasteiger partial charge in [-0.3, -0.25) is 5.41 Å². The van der Waals surface area contributed by atoms with Crippen molar-refractivity contribution in [1.29, 1.82) is 5.41 Å². The minimum absolute atomic E-state index is 0.0723. The fourth-order valence-electron chi connectivity index (χ4n) is 2.18. The maximum absolute atomic E-state index is 7.74. The van der Waals surface area contributed by atoms with Crippen molar-refractivity contribution in [3.05, 3.63) is 23.8 Å². The van der Waals surface area contributed by atoms with E-state index in [1.165, 1.54) is 25.7 Å². The lowest BCUT2D eigenvalue weighted by Gasteiger charge is -2.18. The van der Waals surface area contributed by atoms with Gasteiger partial charge in [0.1, 0.15) is 11.6 Å². The molecule has 0 aliphatic rings. The van der Waals surface area contributed by atoms with Gasteiger partial charge in [-0.25, -0.2) is 0 Å². The molecule has 112 valence electrons. The number of nitrogen functional groups attached to an aromatic ring is 1. The summed E-state index contributed by atoms with van der Waals surface area (Å²) in [5, 5.41) is 7.74. The highest BCUT2D eigenvalue weighted by Crippen LogP contribution is 2.29. The van der Waals surface area contributed by atoms with Crippen molar-refractivity contribution in [2.75, 3.05) is 6.26 Å². The number of rotatable bonds is 9. The number of nitrogens with two attached hydrogens (primary N) is 1. The van der Waals surface area contributed by atoms with Crippen LogP contribution in [-0.4, -0.2) is 18.2 Å². The van der Waals surface area contributed by atoms with Gasteiger partial charge in [0, 0.05) is 4.90 Å². The molecule has 1 rings (SSSR count). The van der Waals surface area contributed by atoms with Crippen LogP contribution in [0.4, 0.5) is 0 Å². The van der Waals surface area contributed by atoms with Gasteiger partial charge in [0.05, 0.1) is 11.7 Å². The molecule has 0 spiro atoms. The quantitative estimate of drug-likeness (QED) is 0.306. The van der Waals surface area contributed by atoms with Crippen molar-refractivity contribution in [2.45, 2.75) is 57.0 Å². The van der Waals surface area contributed by atoms with E-state index >= 15 is 0 Å². The minimum Gasteiger partial charge on any atom is -0.490 e. The molecule has 1 atom stereocenters. The fourth-order valence-corrected chi connectivity index (χ4v) is 2.81. The summed E-state index contributed by atoms with van der Waals surface area (Å²) in [6.45, 7) is 4.30. The van der Waals surface area contributed by atoms with Crippen LogP contribution in [0.25, 0.3) is 0 Å². The third-order valence-electron chi connectivity index (χ3n) is 3.27. The zero-order valence-corrected chi connectivity index (χ0v) is 13.6. The van der Waals surface area contributed by atoms with Crippen LogP contribution in [-0.2, 0) is 0 Å². The molecule has 20 heavy (non-hydrogen) atoms. The van der Waals surface area contributed by atoms with Gasteiger partial charge in [-0.1, -0.05) is 32.3 Å². The Morgan fingerprint density at radius 3 is 2.70 bits per heavy atom. The number of benzene rings is 1. The molecule has 4 heteroatoms. The zero-order chi connectivity index (χ0) is 15.0. The molecule has 1 unspecified atom stereocenters. The number of unbranched alkanes of at least 4 members (excludes halogenated alkanes) is 3. The third-order valence-corrected chi connectivity index (χ3v) is 4.05. The van der Waals surface area contributed by atoms with E-state index in [0.717, 1.165) is 22.6 Å². The predicted octanol–water partition coefficient (Wildman–Crippen LogP) is 4.43. The lowest BCUT2D eigenvalue weighted by molar-refractivity contribution is 0.205. The van der Waals surface area contributed by atoms with Gasteiger partial charge in [0.15, 0.2) is 0 Å². The first-order valence-electron chi connectivity index (χ1n) is 7.28. The van der Waals surface area contributed by atoms with E-state index in [-0.39, 0.29) is 11.9 Å². The Balaban J connectivity index is 2.69. The molecule has 1 aromatic rings. The Bertz CT molecular complexity index is 434. The van der Waals surface area contributed by atoms with Gasteiger partial charge < -0.3 is 10.5 Å². The zero-order valence-electron chi connectivity index (χ0n) is 12.7. The Kier molecular flexibility index (Phi) is 7.52. The van der Waals surface area contributed by atoms with E-state index in [1.807, 2.05) is 24.5 Å². The second-order valence-electron chi connectivity index (χ2n) is 5.02. The summed E-state index contributed by atoms with van der Waals surface area (Å²) < 4.78 is 6.00. The van der Waals surface area contributed by atoms with Crippen molar-refractivity contribution in [3.63, 3.8) is 0 Å². The highest BCUT2D eigenvalue weighted by Gasteiger charge is 2.14. The average Bonchev–Trinajstić information content (AvgIpc) is 2.43. The van der Waals surface area contributed by atoms with Crippen LogP contribution in [0.5, 0.6) is 5.75 Å². The molecule has 0 amide bonds. The van der Waals surface area contributed by atoms with Gasteiger partial charge in [0.25, 0.3) is 0 Å². The first-order valence-corrected chi connectivity index (χ1v) is 8.50. The van der Waals surface area contributed by atoms with E-state index < -0.39 is 0 Å². The molecule has 0 aromatic heterocycles. The standard InChI is InChI=1S/C16H26N2OS/c1-4-5-6-7-9-12(2)19-13-10-8-11-14(20-3)15(13)16(17)18/h8,10-12H,4-7,9H2,1-3H3,(H3,17,18). The number of hydrogen-bond donors (Lipinski definition) is 2. The van der Waals surface area contributed by atoms with Gasteiger partial charge in [0.2, 0.25) is 0 Å². The van der Waals surface area contributed by atoms with E-state index in [2.05, 4.69) is 13.8 Å². The van der Waals surface area contributed by atoms with E-state index in [1.54, 1.807) is 11.8 Å². The van der Waals surface area contributed by atoms with Gasteiger partial charge in [-0.2, -0.15) is 0 Å². The molecule has 0 radical (unpaired) electrons. The molecule has 0 bridgehead atoms. The van der Waals surface area contributed by atoms with Crippen molar-refractivity contribution < 1.29 is 4.74 Å². The molecule has 3 N–H and O–H groups in total. The number of amidine groups is 1. The van der Waals surface area contributed by atoms with E-state index in [9.17, 15) is 0 Å². The molecule has 3 nitrogen and oxygen atoms in total. The first-order chi connectivity index (χ1) is 9.60. The Morgan fingerprint density at radius 1 is 1.35 bits per heavy atom. The summed E-state index contributed by atoms with van der Waals surface area (Å²) >= 11 is 1.59. The number of hydrogen-bond acceptors (Lipinski definition) is 3. The minimum atomic E-state index is 0.0723. The Morgan fingerprint density at radius 2 is 2.10 bits per heavy atom. The van der Waals surface area contributed by atoms with Crippen LogP contribution in [0.15, 0.2) is 23.1 Å². The van der Waals surface area contributed by atoms with Crippen molar-refractivity contribution in [2.24, 2.45) is 5.73 Å². The van der Waals surface area contributed by atoms with Crippen LogP contribution in [0.2, 0.25) is 0 Å². The van der Waals surface area contributed by atoms with Crippen LogP contribution >= 0.6 is 11.8 Å². The first kappa shape index (κ1) is 16.9. The summed E-state index contributed by atoms with van der Waals surface area (Å²) in [4.78, 5) is 0.994. The lowest BCUT2D eigenvalue weighted by Crippen LogP contribution is -2.18. The number of ether oxygens (including phenoxy) is 1. The van der Waals surface area contributed by atoms with Gasteiger partial charge >= 0.3 is 0 Å². The van der Waals surface area contributed by atoms with E-state index in [4.69, 9.17) is 15.9 Å². The second kappa shape index (κ2) is 8.90. The lowest BCUT2D eigenvalue weighted by atomic mass is 10.1. The fraction of sp³-hybridized carbons (Fsp3) is 0.562. The Labute approximate surface area is 126 Å². The molecule has 1 aromatic carbocycles. The van der Waals surface area contributed by atoms with Gasteiger partial charge in [-0.15, -0.1) is 11.8 Å². The maximum atomic E-state index is 7.74. The smallest absolute Gasteiger partial charge is 0.131 e. The molecule has 0 saturated heterocycles. The monoisotopic (exact) mass is 294 g/mol. The molecule has 0 aliphatic heterocycles. The van der Waals surface area contributed by atoms with Crippen molar-refractivity contribution in [1.82, 2.24) is 0 Å². The second-order valence-corrected chi connectivity index (χ2v) is 5.87. The third kappa shape index (κ3) is 5.08. The number of nitrogens with one attached hydrogen (secondary N) is 1. The summed E-state index contributed by atoms with van der Waals surface area (Å²) in [6.07, 6.45) is 8.16. The average molecular weight is 294 g/mol. The topological polar surface area (TPSA) is 59.1 Å². The molecular formula is C16H26N2OS. The predicted molar refractivity (Wildman–Crippen MR) is 88.1 cm³/mol. The molecule has 0 heterocycles. The van der Waals surface area contributed by atoms with Crippen LogP contribution in [0, 0.1) is 5.41 Å². The maximum Gasteiger partial charge on any atom is 0.131 e. The normalized spacial score (nSPS) is 12.2.